The predicted molar refractivity (Wildman–Crippen MR) is 84.0 cm³/mol. The van der Waals surface area contributed by atoms with Crippen LogP contribution in [0.2, 0.25) is 0 Å². The Morgan fingerprint density at radius 3 is 2.43 bits per heavy atom. The summed E-state index contributed by atoms with van der Waals surface area (Å²) in [5.74, 6) is -0.479. The lowest BCUT2D eigenvalue weighted by Crippen LogP contribution is -2.23. The van der Waals surface area contributed by atoms with Gasteiger partial charge >= 0.3 is 0 Å². The largest absolute Gasteiger partial charge is 0.241 e. The Kier molecular flexibility index (Phi) is 4.22. The smallest absolute Gasteiger partial charge is 0.240 e. The summed E-state index contributed by atoms with van der Waals surface area (Å²) in [7, 11) is -3.68. The van der Waals surface area contributed by atoms with Gasteiger partial charge in [-0.1, -0.05) is 18.2 Å². The molecule has 0 bridgehead atoms. The zero-order valence-corrected chi connectivity index (χ0v) is 12.9. The van der Waals surface area contributed by atoms with Gasteiger partial charge in [-0.3, -0.25) is 0 Å². The zero-order chi connectivity index (χ0) is 16.3. The maximum atomic E-state index is 12.9. The van der Waals surface area contributed by atoms with Crippen LogP contribution in [0, 0.1) is 5.82 Å². The Morgan fingerprint density at radius 1 is 1.04 bits per heavy atom. The van der Waals surface area contributed by atoms with E-state index in [0.29, 0.717) is 0 Å². The molecule has 0 fully saturated rings. The predicted octanol–water partition coefficient (Wildman–Crippen LogP) is 2.49. The molecule has 0 amide bonds. The van der Waals surface area contributed by atoms with E-state index in [-0.39, 0.29) is 11.4 Å². The van der Waals surface area contributed by atoms with Crippen LogP contribution in [0.15, 0.2) is 71.9 Å². The van der Waals surface area contributed by atoms with Crippen LogP contribution in [0.3, 0.4) is 0 Å². The number of hydrogen-bond donors (Lipinski definition) is 1. The minimum Gasteiger partial charge on any atom is -0.241 e. The third-order valence-electron chi connectivity index (χ3n) is 3.25. The Labute approximate surface area is 133 Å². The van der Waals surface area contributed by atoms with Gasteiger partial charge in [0.25, 0.3) is 0 Å². The highest BCUT2D eigenvalue weighted by atomic mass is 32.2. The lowest BCUT2D eigenvalue weighted by molar-refractivity contribution is 0.580. The van der Waals surface area contributed by atoms with Crippen LogP contribution in [-0.2, 0) is 16.6 Å². The number of nitrogens with one attached hydrogen (secondary N) is 1. The van der Waals surface area contributed by atoms with E-state index < -0.39 is 15.8 Å². The van der Waals surface area contributed by atoms with E-state index in [2.05, 4.69) is 9.82 Å². The van der Waals surface area contributed by atoms with Crippen molar-refractivity contribution in [3.63, 3.8) is 0 Å². The van der Waals surface area contributed by atoms with Gasteiger partial charge in [0.05, 0.1) is 16.8 Å². The summed E-state index contributed by atoms with van der Waals surface area (Å²) in [6.45, 7) is 0.104. The van der Waals surface area contributed by atoms with Crippen molar-refractivity contribution >= 4 is 10.0 Å². The Hall–Kier alpha value is -2.51. The summed E-state index contributed by atoms with van der Waals surface area (Å²) in [5.41, 5.74) is 1.61. The summed E-state index contributed by atoms with van der Waals surface area (Å²) in [4.78, 5) is 0.0225. The number of para-hydroxylation sites is 1. The quantitative estimate of drug-likeness (QED) is 0.781. The lowest BCUT2D eigenvalue weighted by Gasteiger charge is -2.05. The molecule has 1 N–H and O–H groups in total. The third kappa shape index (κ3) is 3.64. The number of benzene rings is 2. The molecule has 0 aliphatic carbocycles. The van der Waals surface area contributed by atoms with Crippen molar-refractivity contribution in [2.45, 2.75) is 11.4 Å². The van der Waals surface area contributed by atoms with Crippen LogP contribution < -0.4 is 4.72 Å². The topological polar surface area (TPSA) is 64.0 Å². The summed E-state index contributed by atoms with van der Waals surface area (Å²) >= 11 is 0. The van der Waals surface area contributed by atoms with E-state index in [4.69, 9.17) is 0 Å². The molecule has 0 aliphatic rings. The molecule has 1 heterocycles. The highest BCUT2D eigenvalue weighted by molar-refractivity contribution is 7.89. The van der Waals surface area contributed by atoms with Crippen molar-refractivity contribution in [2.75, 3.05) is 0 Å². The van der Waals surface area contributed by atoms with E-state index in [0.717, 1.165) is 23.4 Å². The van der Waals surface area contributed by atoms with Gasteiger partial charge in [0.15, 0.2) is 0 Å². The van der Waals surface area contributed by atoms with Gasteiger partial charge in [0, 0.05) is 18.3 Å². The highest BCUT2D eigenvalue weighted by Crippen LogP contribution is 2.11. The molecule has 0 aliphatic heterocycles. The molecular weight excluding hydrogens is 317 g/mol. The standard InChI is InChI=1S/C16H14FN3O2S/c17-14-6-8-16(9-7-14)23(21,22)19-11-13-10-18-20(12-13)15-4-2-1-3-5-15/h1-10,12,19H,11H2. The maximum absolute atomic E-state index is 12.9. The van der Waals surface area contributed by atoms with Gasteiger partial charge in [-0.15, -0.1) is 0 Å². The van der Waals surface area contributed by atoms with Gasteiger partial charge in [0.2, 0.25) is 10.0 Å². The number of nitrogens with zero attached hydrogens (tertiary/aromatic N) is 2. The van der Waals surface area contributed by atoms with Crippen LogP contribution >= 0.6 is 0 Å². The summed E-state index contributed by atoms with van der Waals surface area (Å²) < 4.78 is 41.3. The summed E-state index contributed by atoms with van der Waals surface area (Å²) in [6, 6.07) is 14.2. The Balaban J connectivity index is 1.71. The molecule has 0 atom stereocenters. The molecule has 0 radical (unpaired) electrons. The number of aromatic nitrogens is 2. The molecule has 0 saturated heterocycles. The van der Waals surface area contributed by atoms with Crippen LogP contribution in [-0.4, -0.2) is 18.2 Å². The second-order valence-corrected chi connectivity index (χ2v) is 6.67. The van der Waals surface area contributed by atoms with Gasteiger partial charge in [0.1, 0.15) is 5.82 Å². The molecule has 0 saturated carbocycles. The number of halogens is 1. The van der Waals surface area contributed by atoms with Crippen molar-refractivity contribution in [3.05, 3.63) is 78.4 Å². The van der Waals surface area contributed by atoms with Crippen LogP contribution in [0.1, 0.15) is 5.56 Å². The molecule has 7 heteroatoms. The molecule has 3 aromatic rings. The van der Waals surface area contributed by atoms with E-state index in [1.807, 2.05) is 30.3 Å². The van der Waals surface area contributed by atoms with Crippen LogP contribution in [0.4, 0.5) is 4.39 Å². The van der Waals surface area contributed by atoms with Gasteiger partial charge in [-0.2, -0.15) is 5.10 Å². The Bertz CT molecular complexity index is 891. The molecule has 5 nitrogen and oxygen atoms in total. The number of rotatable bonds is 5. The number of hydrogen-bond acceptors (Lipinski definition) is 3. The first-order chi connectivity index (χ1) is 11.0. The first-order valence-corrected chi connectivity index (χ1v) is 8.37. The lowest BCUT2D eigenvalue weighted by atomic mass is 10.3. The third-order valence-corrected chi connectivity index (χ3v) is 4.66. The number of sulfonamides is 1. The Morgan fingerprint density at radius 2 is 1.74 bits per heavy atom. The molecule has 0 spiro atoms. The SMILES string of the molecule is O=S(=O)(NCc1cnn(-c2ccccc2)c1)c1ccc(F)cc1. The first-order valence-electron chi connectivity index (χ1n) is 6.89. The van der Waals surface area contributed by atoms with Crippen molar-refractivity contribution in [3.8, 4) is 5.69 Å². The van der Waals surface area contributed by atoms with Crippen molar-refractivity contribution < 1.29 is 12.8 Å². The summed E-state index contributed by atoms with van der Waals surface area (Å²) in [5, 5.41) is 4.20. The van der Waals surface area contributed by atoms with Crippen molar-refractivity contribution in [2.24, 2.45) is 0 Å². The average Bonchev–Trinajstić information content (AvgIpc) is 3.03. The fourth-order valence-electron chi connectivity index (χ4n) is 2.05. The molecule has 0 unspecified atom stereocenters. The van der Waals surface area contributed by atoms with Crippen molar-refractivity contribution in [1.82, 2.24) is 14.5 Å². The highest BCUT2D eigenvalue weighted by Gasteiger charge is 2.14. The zero-order valence-electron chi connectivity index (χ0n) is 12.1. The van der Waals surface area contributed by atoms with Gasteiger partial charge in [-0.05, 0) is 36.4 Å². The molecule has 1 aromatic heterocycles. The van der Waals surface area contributed by atoms with Crippen molar-refractivity contribution in [1.29, 1.82) is 0 Å². The van der Waals surface area contributed by atoms with E-state index in [1.54, 1.807) is 17.1 Å². The van der Waals surface area contributed by atoms with Crippen LogP contribution in [0.25, 0.3) is 5.69 Å². The van der Waals surface area contributed by atoms with E-state index >= 15 is 0 Å². The van der Waals surface area contributed by atoms with E-state index in [9.17, 15) is 12.8 Å². The monoisotopic (exact) mass is 331 g/mol. The van der Waals surface area contributed by atoms with Gasteiger partial charge in [-0.25, -0.2) is 22.2 Å². The molecule has 118 valence electrons. The minimum absolute atomic E-state index is 0.0225. The molecule has 2 aromatic carbocycles. The summed E-state index contributed by atoms with van der Waals surface area (Å²) in [6.07, 6.45) is 3.35. The normalized spacial score (nSPS) is 11.5. The first kappa shape index (κ1) is 15.4. The van der Waals surface area contributed by atoms with Gasteiger partial charge < -0.3 is 0 Å². The molecule has 3 rings (SSSR count). The molecule has 23 heavy (non-hydrogen) atoms. The minimum atomic E-state index is -3.68. The van der Waals surface area contributed by atoms with Crippen LogP contribution in [0.5, 0.6) is 0 Å². The second-order valence-electron chi connectivity index (χ2n) is 4.91. The van der Waals surface area contributed by atoms with E-state index in [1.165, 1.54) is 12.1 Å². The molecular formula is C16H14FN3O2S. The maximum Gasteiger partial charge on any atom is 0.240 e. The average molecular weight is 331 g/mol. The fourth-order valence-corrected chi connectivity index (χ4v) is 3.07. The second kappa shape index (κ2) is 6.31. The fraction of sp³-hybridized carbons (Fsp3) is 0.0625.